The summed E-state index contributed by atoms with van der Waals surface area (Å²) in [5.74, 6) is -0.381. The predicted octanol–water partition coefficient (Wildman–Crippen LogP) is 0.697. The Labute approximate surface area is 85.7 Å². The van der Waals surface area contributed by atoms with Crippen molar-refractivity contribution in [3.63, 3.8) is 0 Å². The molecule has 2 amide bonds. The summed E-state index contributed by atoms with van der Waals surface area (Å²) in [6.45, 7) is 0. The van der Waals surface area contributed by atoms with E-state index in [0.29, 0.717) is 11.1 Å². The number of carbonyl (C=O) groups is 2. The van der Waals surface area contributed by atoms with E-state index >= 15 is 0 Å². The van der Waals surface area contributed by atoms with Crippen LogP contribution in [0.25, 0.3) is 10.8 Å². The number of hydrogen-bond donors (Lipinski definition) is 1. The maximum absolute atomic E-state index is 11.6. The first-order chi connectivity index (χ1) is 7.27. The molecule has 0 bridgehead atoms. The number of rotatable bonds is 0. The first kappa shape index (κ1) is 8.32. The quantitative estimate of drug-likeness (QED) is 0.633. The lowest BCUT2D eigenvalue weighted by molar-refractivity contribution is -0.451. The minimum Gasteiger partial charge on any atom is -0.225 e. The molecule has 2 N–H and O–H groups in total. The van der Waals surface area contributed by atoms with Gasteiger partial charge in [0.1, 0.15) is 0 Å². The Morgan fingerprint density at radius 3 is 1.87 bits per heavy atom. The van der Waals surface area contributed by atoms with Crippen molar-refractivity contribution in [3.05, 3.63) is 47.5 Å². The van der Waals surface area contributed by atoms with Crippen LogP contribution >= 0.6 is 0 Å². The molecule has 3 nitrogen and oxygen atoms in total. The largest absolute Gasteiger partial charge is 0.350 e. The van der Waals surface area contributed by atoms with E-state index in [4.69, 9.17) is 0 Å². The number of amides is 2. The summed E-state index contributed by atoms with van der Waals surface area (Å²) < 4.78 is 0. The summed E-state index contributed by atoms with van der Waals surface area (Å²) in [4.78, 5) is 23.2. The zero-order chi connectivity index (χ0) is 10.4. The Hall–Kier alpha value is -2.00. The zero-order valence-electron chi connectivity index (χ0n) is 7.86. The third-order valence-electron chi connectivity index (χ3n) is 2.70. The molecule has 2 aromatic rings. The second kappa shape index (κ2) is 2.74. The van der Waals surface area contributed by atoms with Gasteiger partial charge in [-0.15, -0.1) is 0 Å². The lowest BCUT2D eigenvalue weighted by atomic mass is 9.95. The van der Waals surface area contributed by atoms with Crippen LogP contribution in [0.4, 0.5) is 0 Å². The molecule has 2 aromatic carbocycles. The van der Waals surface area contributed by atoms with Gasteiger partial charge in [-0.05, 0) is 17.5 Å². The van der Waals surface area contributed by atoms with Gasteiger partial charge in [0.25, 0.3) is 0 Å². The van der Waals surface area contributed by atoms with E-state index < -0.39 is 0 Å². The fourth-order valence-electron chi connectivity index (χ4n) is 2.03. The van der Waals surface area contributed by atoms with Crippen LogP contribution in [-0.2, 0) is 0 Å². The normalized spacial score (nSPS) is 14.7. The molecule has 0 aromatic heterocycles. The molecule has 0 spiro atoms. The Kier molecular flexibility index (Phi) is 1.52. The van der Waals surface area contributed by atoms with Gasteiger partial charge in [-0.2, -0.15) is 0 Å². The Morgan fingerprint density at radius 2 is 1.33 bits per heavy atom. The Balaban J connectivity index is 2.56. The first-order valence-corrected chi connectivity index (χ1v) is 4.72. The third kappa shape index (κ3) is 1.04. The maximum Gasteiger partial charge on any atom is 0.350 e. The van der Waals surface area contributed by atoms with Gasteiger partial charge in [-0.3, -0.25) is 0 Å². The molecular weight excluding hydrogens is 190 g/mol. The van der Waals surface area contributed by atoms with E-state index in [1.807, 2.05) is 24.3 Å². The van der Waals surface area contributed by atoms with Gasteiger partial charge in [0.2, 0.25) is 0 Å². The first-order valence-electron chi connectivity index (χ1n) is 4.72. The minimum absolute atomic E-state index is 0.190. The highest BCUT2D eigenvalue weighted by molar-refractivity contribution is 6.17. The van der Waals surface area contributed by atoms with Crippen molar-refractivity contribution in [1.29, 1.82) is 0 Å². The number of imide groups is 1. The summed E-state index contributed by atoms with van der Waals surface area (Å²) in [5.41, 5.74) is 1.26. The van der Waals surface area contributed by atoms with Crippen molar-refractivity contribution < 1.29 is 14.9 Å². The summed E-state index contributed by atoms with van der Waals surface area (Å²) in [5, 5.41) is 2.90. The average molecular weight is 198 g/mol. The molecule has 0 atom stereocenters. The molecule has 72 valence electrons. The highest BCUT2D eigenvalue weighted by Gasteiger charge is 2.28. The monoisotopic (exact) mass is 198 g/mol. The van der Waals surface area contributed by atoms with Crippen LogP contribution in [0.15, 0.2) is 36.4 Å². The summed E-state index contributed by atoms with van der Waals surface area (Å²) in [6, 6.07) is 11.0. The Bertz CT molecular complexity index is 553. The lowest BCUT2D eigenvalue weighted by Gasteiger charge is -2.11. The number of hydrogen-bond acceptors (Lipinski definition) is 2. The van der Waals surface area contributed by atoms with Gasteiger partial charge in [0.15, 0.2) is 0 Å². The molecule has 3 heteroatoms. The number of primary amides is 2. The van der Waals surface area contributed by atoms with Crippen LogP contribution in [0.1, 0.15) is 20.7 Å². The van der Waals surface area contributed by atoms with Crippen molar-refractivity contribution in [3.8, 4) is 0 Å². The second-order valence-corrected chi connectivity index (χ2v) is 3.58. The van der Waals surface area contributed by atoms with Gasteiger partial charge in [0, 0.05) is 5.39 Å². The molecule has 1 aliphatic rings. The third-order valence-corrected chi connectivity index (χ3v) is 2.70. The molecule has 15 heavy (non-hydrogen) atoms. The molecule has 0 aliphatic carbocycles. The van der Waals surface area contributed by atoms with Gasteiger partial charge >= 0.3 is 11.8 Å². The average Bonchev–Trinajstić information content (AvgIpc) is 2.25. The van der Waals surface area contributed by atoms with E-state index in [1.165, 1.54) is 0 Å². The highest BCUT2D eigenvalue weighted by atomic mass is 16.2. The fraction of sp³-hybridized carbons (Fsp3) is 0. The predicted molar refractivity (Wildman–Crippen MR) is 54.5 cm³/mol. The standard InChI is InChI=1S/C12H7NO2/c14-11-8-5-1-3-7-4-2-6-9(10(7)8)12(15)13-11/h1-6H,(H,13,14,15)/p+1. The SMILES string of the molecule is O=C1[NH2+]C(=O)c2cccc3cccc1c23. The second-order valence-electron chi connectivity index (χ2n) is 3.58. The van der Waals surface area contributed by atoms with Crippen molar-refractivity contribution in [2.75, 3.05) is 0 Å². The molecule has 0 saturated heterocycles. The summed E-state index contributed by atoms with van der Waals surface area (Å²) >= 11 is 0. The number of quaternary nitrogens is 1. The van der Waals surface area contributed by atoms with Crippen LogP contribution in [0.3, 0.4) is 0 Å². The van der Waals surface area contributed by atoms with E-state index in [2.05, 4.69) is 0 Å². The smallest absolute Gasteiger partial charge is 0.225 e. The van der Waals surface area contributed by atoms with Gasteiger partial charge in [0.05, 0.1) is 11.1 Å². The van der Waals surface area contributed by atoms with Gasteiger partial charge in [-0.1, -0.05) is 24.3 Å². The van der Waals surface area contributed by atoms with Crippen LogP contribution in [0.5, 0.6) is 0 Å². The molecular formula is C12H8NO2+. The van der Waals surface area contributed by atoms with Crippen LogP contribution < -0.4 is 5.32 Å². The maximum atomic E-state index is 11.6. The lowest BCUT2D eigenvalue weighted by Crippen LogP contribution is -2.92. The summed E-state index contributed by atoms with van der Waals surface area (Å²) in [7, 11) is 0. The van der Waals surface area contributed by atoms with Crippen LogP contribution in [0.2, 0.25) is 0 Å². The van der Waals surface area contributed by atoms with Crippen LogP contribution in [-0.4, -0.2) is 11.8 Å². The van der Waals surface area contributed by atoms with Crippen molar-refractivity contribution in [2.45, 2.75) is 0 Å². The molecule has 1 heterocycles. The highest BCUT2D eigenvalue weighted by Crippen LogP contribution is 2.23. The number of benzene rings is 2. The zero-order valence-corrected chi connectivity index (χ0v) is 7.86. The van der Waals surface area contributed by atoms with Crippen molar-refractivity contribution in [2.24, 2.45) is 0 Å². The molecule has 0 saturated carbocycles. The van der Waals surface area contributed by atoms with E-state index in [9.17, 15) is 9.59 Å². The fourth-order valence-corrected chi connectivity index (χ4v) is 2.03. The molecule has 0 unspecified atom stereocenters. The topological polar surface area (TPSA) is 50.8 Å². The van der Waals surface area contributed by atoms with E-state index in [-0.39, 0.29) is 11.8 Å². The summed E-state index contributed by atoms with van der Waals surface area (Å²) in [6.07, 6.45) is 0. The minimum atomic E-state index is -0.190. The molecule has 0 fully saturated rings. The van der Waals surface area contributed by atoms with E-state index in [0.717, 1.165) is 16.1 Å². The number of nitrogens with two attached hydrogens (primary N) is 1. The van der Waals surface area contributed by atoms with E-state index in [1.54, 1.807) is 12.1 Å². The van der Waals surface area contributed by atoms with Gasteiger partial charge < -0.3 is 0 Å². The van der Waals surface area contributed by atoms with Crippen molar-refractivity contribution >= 4 is 22.6 Å². The molecule has 1 aliphatic heterocycles. The van der Waals surface area contributed by atoms with Crippen molar-refractivity contribution in [1.82, 2.24) is 0 Å². The molecule has 0 radical (unpaired) electrons. The van der Waals surface area contributed by atoms with Crippen LogP contribution in [0, 0.1) is 0 Å². The molecule has 3 rings (SSSR count). The Morgan fingerprint density at radius 1 is 0.800 bits per heavy atom. The van der Waals surface area contributed by atoms with Gasteiger partial charge in [-0.25, -0.2) is 14.9 Å². The number of carbonyl (C=O) groups excluding carboxylic acids is 2.